The highest BCUT2D eigenvalue weighted by Crippen LogP contribution is 2.45. The van der Waals surface area contributed by atoms with Crippen LogP contribution in [0.25, 0.3) is 10.8 Å². The number of hydrogen-bond donors (Lipinski definition) is 1. The van der Waals surface area contributed by atoms with E-state index in [1.165, 1.54) is 4.90 Å². The third kappa shape index (κ3) is 2.49. The summed E-state index contributed by atoms with van der Waals surface area (Å²) in [5.74, 6) is -1.21. The van der Waals surface area contributed by atoms with E-state index in [9.17, 15) is 14.7 Å². The number of allylic oxidation sites excluding steroid dienone is 3. The molecule has 132 valence electrons. The number of nitrogens with zero attached hydrogens (tertiary/aromatic N) is 1. The maximum absolute atomic E-state index is 13.0. The smallest absolute Gasteiger partial charge is 0.259 e. The number of carbonyl (C=O) groups is 2. The van der Waals surface area contributed by atoms with Gasteiger partial charge in [-0.05, 0) is 29.3 Å². The molecule has 2 atom stereocenters. The van der Waals surface area contributed by atoms with Crippen LogP contribution >= 0.6 is 11.6 Å². The van der Waals surface area contributed by atoms with Crippen LogP contribution in [0.15, 0.2) is 65.3 Å². The lowest BCUT2D eigenvalue weighted by Crippen LogP contribution is -2.44. The number of hydrogen-bond acceptors (Lipinski definition) is 3. The number of carbonyl (C=O) groups excluding carboxylic acids is 2. The average Bonchev–Trinajstić information content (AvgIpc) is 2.82. The van der Waals surface area contributed by atoms with Crippen LogP contribution in [0.1, 0.15) is 23.2 Å². The van der Waals surface area contributed by atoms with Crippen LogP contribution in [0, 0.1) is 5.92 Å². The number of ketones is 1. The Morgan fingerprint density at radius 3 is 2.77 bits per heavy atom. The molecule has 0 bridgehead atoms. The highest BCUT2D eigenvalue weighted by Gasteiger charge is 2.56. The Labute approximate surface area is 156 Å². The number of rotatable bonds is 3. The van der Waals surface area contributed by atoms with Crippen molar-refractivity contribution < 1.29 is 14.7 Å². The number of likely N-dealkylation sites (N-methyl/N-ethyl adjacent to an activating group) is 1. The molecule has 1 fully saturated rings. The largest absolute Gasteiger partial charge is 0.379 e. The van der Waals surface area contributed by atoms with Crippen molar-refractivity contribution in [2.24, 2.45) is 5.92 Å². The lowest BCUT2D eigenvalue weighted by Gasteiger charge is -2.27. The van der Waals surface area contributed by atoms with Crippen molar-refractivity contribution in [3.8, 4) is 0 Å². The molecule has 1 heterocycles. The van der Waals surface area contributed by atoms with Gasteiger partial charge in [0.15, 0.2) is 11.4 Å². The number of fused-ring (bicyclic) bond motifs is 2. The van der Waals surface area contributed by atoms with Crippen molar-refractivity contribution in [2.45, 2.75) is 18.4 Å². The zero-order chi connectivity index (χ0) is 18.5. The molecule has 0 aromatic heterocycles. The molecule has 0 radical (unpaired) electrons. The molecule has 2 aromatic rings. The number of amides is 1. The van der Waals surface area contributed by atoms with E-state index in [2.05, 4.69) is 0 Å². The summed E-state index contributed by atoms with van der Waals surface area (Å²) in [5, 5.41) is 13.5. The topological polar surface area (TPSA) is 57.6 Å². The third-order valence-corrected chi connectivity index (χ3v) is 5.63. The van der Waals surface area contributed by atoms with Crippen LogP contribution in [0.3, 0.4) is 0 Å². The second-order valence-corrected chi connectivity index (χ2v) is 7.36. The minimum Gasteiger partial charge on any atom is -0.379 e. The summed E-state index contributed by atoms with van der Waals surface area (Å²) in [6, 6.07) is 13.1. The van der Waals surface area contributed by atoms with Gasteiger partial charge in [0.05, 0.1) is 0 Å². The molecule has 2 aromatic carbocycles. The fraction of sp³-hybridized carbons (Fsp3) is 0.238. The molecule has 1 amide bonds. The monoisotopic (exact) mass is 367 g/mol. The number of aliphatic hydroxyl groups is 1. The molecule has 1 aliphatic heterocycles. The Morgan fingerprint density at radius 2 is 1.96 bits per heavy atom. The van der Waals surface area contributed by atoms with Crippen molar-refractivity contribution in [3.05, 3.63) is 70.9 Å². The van der Waals surface area contributed by atoms with Gasteiger partial charge in [-0.3, -0.25) is 9.59 Å². The lowest BCUT2D eigenvalue weighted by atomic mass is 9.79. The summed E-state index contributed by atoms with van der Waals surface area (Å²) in [6.07, 6.45) is 3.56. The molecule has 2 aliphatic rings. The first kappa shape index (κ1) is 17.0. The second kappa shape index (κ2) is 6.08. The van der Waals surface area contributed by atoms with Gasteiger partial charge in [0, 0.05) is 35.7 Å². The van der Waals surface area contributed by atoms with Crippen molar-refractivity contribution in [1.82, 2.24) is 4.90 Å². The van der Waals surface area contributed by atoms with Crippen molar-refractivity contribution >= 4 is 34.1 Å². The van der Waals surface area contributed by atoms with Crippen molar-refractivity contribution in [1.29, 1.82) is 0 Å². The molecule has 4 nitrogen and oxygen atoms in total. The molecule has 0 spiro atoms. The molecular weight excluding hydrogens is 350 g/mol. The fourth-order valence-electron chi connectivity index (χ4n) is 3.98. The van der Waals surface area contributed by atoms with E-state index >= 15 is 0 Å². The Bertz CT molecular complexity index is 988. The SMILES string of the molecule is CN1C(=O)C(O)(CC(=O)c2cccc3ccccc23)C2CC(Cl)=CC=C21. The first-order valence-corrected chi connectivity index (χ1v) is 8.87. The summed E-state index contributed by atoms with van der Waals surface area (Å²) in [4.78, 5) is 27.2. The number of benzene rings is 2. The maximum atomic E-state index is 13.0. The van der Waals surface area contributed by atoms with Crippen LogP contribution in [-0.2, 0) is 4.79 Å². The molecule has 5 heteroatoms. The van der Waals surface area contributed by atoms with E-state index in [0.717, 1.165) is 10.8 Å². The zero-order valence-corrected chi connectivity index (χ0v) is 15.0. The van der Waals surface area contributed by atoms with Gasteiger partial charge in [0.1, 0.15) is 0 Å². The van der Waals surface area contributed by atoms with Gasteiger partial charge in [0.2, 0.25) is 0 Å². The molecule has 1 aliphatic carbocycles. The molecule has 2 unspecified atom stereocenters. The lowest BCUT2D eigenvalue weighted by molar-refractivity contribution is -0.144. The van der Waals surface area contributed by atoms with Gasteiger partial charge in [0.25, 0.3) is 5.91 Å². The van der Waals surface area contributed by atoms with Crippen molar-refractivity contribution in [2.75, 3.05) is 7.05 Å². The second-order valence-electron chi connectivity index (χ2n) is 6.88. The normalized spacial score (nSPS) is 25.1. The van der Waals surface area contributed by atoms with E-state index in [1.807, 2.05) is 36.4 Å². The van der Waals surface area contributed by atoms with E-state index in [-0.39, 0.29) is 12.2 Å². The minimum absolute atomic E-state index is 0.252. The van der Waals surface area contributed by atoms with Crippen molar-refractivity contribution in [3.63, 3.8) is 0 Å². The number of Topliss-reactive ketones (excluding diaryl/α,β-unsaturated/α-hetero) is 1. The van der Waals surface area contributed by atoms with Gasteiger partial charge in [-0.2, -0.15) is 0 Å². The first-order valence-electron chi connectivity index (χ1n) is 8.49. The highest BCUT2D eigenvalue weighted by atomic mass is 35.5. The molecule has 26 heavy (non-hydrogen) atoms. The number of halogens is 1. The number of likely N-dealkylation sites (tertiary alicyclic amines) is 1. The molecule has 1 N–H and O–H groups in total. The molecular formula is C21H18ClNO3. The standard InChI is InChI=1S/C21H18ClNO3/c1-23-18-10-9-14(22)11-17(18)21(26,20(23)25)12-19(24)16-8-4-6-13-5-2-3-7-15(13)16/h2-10,17,26H,11-12H2,1H3. The Morgan fingerprint density at radius 1 is 1.23 bits per heavy atom. The van der Waals surface area contributed by atoms with Gasteiger partial charge < -0.3 is 10.0 Å². The average molecular weight is 368 g/mol. The zero-order valence-electron chi connectivity index (χ0n) is 14.3. The van der Waals surface area contributed by atoms with Crippen LogP contribution in [0.2, 0.25) is 0 Å². The fourth-order valence-corrected chi connectivity index (χ4v) is 4.20. The van der Waals surface area contributed by atoms with E-state index in [4.69, 9.17) is 11.6 Å². The van der Waals surface area contributed by atoms with Gasteiger partial charge in [-0.25, -0.2) is 0 Å². The molecule has 4 rings (SSSR count). The Kier molecular flexibility index (Phi) is 3.98. The van der Waals surface area contributed by atoms with Crippen LogP contribution < -0.4 is 0 Å². The molecule has 1 saturated heterocycles. The summed E-state index contributed by atoms with van der Waals surface area (Å²) >= 11 is 6.13. The van der Waals surface area contributed by atoms with E-state index in [1.54, 1.807) is 25.3 Å². The predicted octanol–water partition coefficient (Wildman–Crippen LogP) is 3.64. The summed E-state index contributed by atoms with van der Waals surface area (Å²) in [6.45, 7) is 0. The van der Waals surface area contributed by atoms with E-state index in [0.29, 0.717) is 22.7 Å². The summed E-state index contributed by atoms with van der Waals surface area (Å²) < 4.78 is 0. The van der Waals surface area contributed by atoms with Crippen LogP contribution in [0.4, 0.5) is 0 Å². The quantitative estimate of drug-likeness (QED) is 0.842. The predicted molar refractivity (Wildman–Crippen MR) is 101 cm³/mol. The van der Waals surface area contributed by atoms with Gasteiger partial charge in [-0.1, -0.05) is 54.1 Å². The van der Waals surface area contributed by atoms with Crippen LogP contribution in [-0.4, -0.2) is 34.3 Å². The van der Waals surface area contributed by atoms with Gasteiger partial charge in [-0.15, -0.1) is 0 Å². The maximum Gasteiger partial charge on any atom is 0.259 e. The highest BCUT2D eigenvalue weighted by molar-refractivity contribution is 6.29. The summed E-state index contributed by atoms with van der Waals surface area (Å²) in [5.41, 5.74) is -0.558. The Balaban J connectivity index is 1.72. The molecule has 0 saturated carbocycles. The minimum atomic E-state index is -1.77. The van der Waals surface area contributed by atoms with Crippen LogP contribution in [0.5, 0.6) is 0 Å². The van der Waals surface area contributed by atoms with E-state index < -0.39 is 17.4 Å². The summed E-state index contributed by atoms with van der Waals surface area (Å²) in [7, 11) is 1.62. The first-order chi connectivity index (χ1) is 12.4. The third-order valence-electron chi connectivity index (χ3n) is 5.35. The van der Waals surface area contributed by atoms with Gasteiger partial charge >= 0.3 is 0 Å². The Hall–Kier alpha value is -2.43.